The highest BCUT2D eigenvalue weighted by Gasteiger charge is 2.29. The summed E-state index contributed by atoms with van der Waals surface area (Å²) in [5, 5.41) is 7.77. The third kappa shape index (κ3) is 3.24. The molecule has 0 fully saturated rings. The van der Waals surface area contributed by atoms with E-state index in [1.165, 1.54) is 12.1 Å². The predicted molar refractivity (Wildman–Crippen MR) is 90.5 cm³/mol. The SMILES string of the molecule is Cc1nnc(-c2c(C)[nH]c(C)c2S(=O)(=O)Nc2ccc(Cl)cc2F)o1. The second-order valence-electron chi connectivity index (χ2n) is 5.44. The van der Waals surface area contributed by atoms with E-state index < -0.39 is 15.8 Å². The molecule has 2 N–H and O–H groups in total. The van der Waals surface area contributed by atoms with Crippen molar-refractivity contribution in [3.63, 3.8) is 0 Å². The van der Waals surface area contributed by atoms with Gasteiger partial charge < -0.3 is 9.40 Å². The minimum atomic E-state index is -4.12. The number of sulfonamides is 1. The Morgan fingerprint density at radius 1 is 1.20 bits per heavy atom. The van der Waals surface area contributed by atoms with E-state index in [2.05, 4.69) is 19.9 Å². The first-order chi connectivity index (χ1) is 11.7. The quantitative estimate of drug-likeness (QED) is 0.715. The highest BCUT2D eigenvalue weighted by atomic mass is 35.5. The zero-order chi connectivity index (χ0) is 18.4. The van der Waals surface area contributed by atoms with E-state index in [1.807, 2.05) is 0 Å². The van der Waals surface area contributed by atoms with Crippen molar-refractivity contribution in [2.24, 2.45) is 0 Å². The van der Waals surface area contributed by atoms with Crippen LogP contribution in [-0.4, -0.2) is 23.6 Å². The molecule has 3 aromatic rings. The number of aromatic nitrogens is 3. The molecule has 1 aromatic carbocycles. The second-order valence-corrected chi connectivity index (χ2v) is 7.49. The van der Waals surface area contributed by atoms with Crippen molar-refractivity contribution in [1.82, 2.24) is 15.2 Å². The van der Waals surface area contributed by atoms with Crippen molar-refractivity contribution in [1.29, 1.82) is 0 Å². The lowest BCUT2D eigenvalue weighted by molar-refractivity contribution is 0.531. The first-order valence-corrected chi connectivity index (χ1v) is 9.02. The van der Waals surface area contributed by atoms with Gasteiger partial charge in [-0.25, -0.2) is 12.8 Å². The maximum atomic E-state index is 14.0. The van der Waals surface area contributed by atoms with Gasteiger partial charge in [-0.15, -0.1) is 10.2 Å². The Hall–Kier alpha value is -2.39. The van der Waals surface area contributed by atoms with E-state index in [0.29, 0.717) is 17.3 Å². The molecule has 0 amide bonds. The topological polar surface area (TPSA) is 101 Å². The maximum absolute atomic E-state index is 14.0. The predicted octanol–water partition coefficient (Wildman–Crippen LogP) is 3.58. The second kappa shape index (κ2) is 6.16. The van der Waals surface area contributed by atoms with Crippen LogP contribution < -0.4 is 4.72 Å². The Balaban J connectivity index is 2.12. The largest absolute Gasteiger partial charge is 0.421 e. The molecular formula is C15H14ClFN4O3S. The van der Waals surface area contributed by atoms with Crippen LogP contribution in [0.3, 0.4) is 0 Å². The van der Waals surface area contributed by atoms with Gasteiger partial charge in [-0.3, -0.25) is 4.72 Å². The van der Waals surface area contributed by atoms with Gasteiger partial charge in [0, 0.05) is 23.3 Å². The molecule has 0 saturated heterocycles. The summed E-state index contributed by atoms with van der Waals surface area (Å²) in [6.07, 6.45) is 0. The van der Waals surface area contributed by atoms with Crippen LogP contribution in [0, 0.1) is 26.6 Å². The van der Waals surface area contributed by atoms with Gasteiger partial charge in [0.05, 0.1) is 11.3 Å². The van der Waals surface area contributed by atoms with Crippen molar-refractivity contribution >= 4 is 27.3 Å². The van der Waals surface area contributed by atoms with E-state index >= 15 is 0 Å². The van der Waals surface area contributed by atoms with Crippen LogP contribution >= 0.6 is 11.6 Å². The van der Waals surface area contributed by atoms with Crippen molar-refractivity contribution < 1.29 is 17.2 Å². The zero-order valence-corrected chi connectivity index (χ0v) is 15.1. The van der Waals surface area contributed by atoms with Gasteiger partial charge in [-0.1, -0.05) is 11.6 Å². The Bertz CT molecular complexity index is 1060. The number of hydrogen-bond acceptors (Lipinski definition) is 5. The first-order valence-electron chi connectivity index (χ1n) is 7.16. The number of anilines is 1. The highest BCUT2D eigenvalue weighted by molar-refractivity contribution is 7.93. The summed E-state index contributed by atoms with van der Waals surface area (Å²) in [4.78, 5) is 2.86. The number of rotatable bonds is 4. The van der Waals surface area contributed by atoms with Crippen molar-refractivity contribution in [3.8, 4) is 11.5 Å². The Morgan fingerprint density at radius 2 is 1.92 bits per heavy atom. The maximum Gasteiger partial charge on any atom is 0.264 e. The van der Waals surface area contributed by atoms with Crippen LogP contribution in [0.4, 0.5) is 10.1 Å². The molecule has 0 unspecified atom stereocenters. The fraction of sp³-hybridized carbons (Fsp3) is 0.200. The van der Waals surface area contributed by atoms with Gasteiger partial charge in [0.2, 0.25) is 5.89 Å². The van der Waals surface area contributed by atoms with E-state index in [0.717, 1.165) is 6.07 Å². The number of aromatic amines is 1. The molecule has 0 saturated carbocycles. The standard InChI is InChI=1S/C15H14ClFN4O3S/c1-7-13(15-20-19-9(3)24-15)14(8(2)18-7)25(22,23)21-12-5-4-10(16)6-11(12)17/h4-6,18,21H,1-3H3. The minimum Gasteiger partial charge on any atom is -0.421 e. The fourth-order valence-corrected chi connectivity index (χ4v) is 4.20. The molecular weight excluding hydrogens is 371 g/mol. The molecule has 10 heteroatoms. The Labute approximate surface area is 148 Å². The van der Waals surface area contributed by atoms with E-state index in [4.69, 9.17) is 16.0 Å². The van der Waals surface area contributed by atoms with Crippen LogP contribution in [0.2, 0.25) is 5.02 Å². The molecule has 7 nitrogen and oxygen atoms in total. The van der Waals surface area contributed by atoms with Gasteiger partial charge in [0.15, 0.2) is 0 Å². The smallest absolute Gasteiger partial charge is 0.264 e. The molecule has 3 rings (SSSR count). The summed E-state index contributed by atoms with van der Waals surface area (Å²) >= 11 is 5.69. The Kier molecular flexibility index (Phi) is 4.29. The van der Waals surface area contributed by atoms with Crippen molar-refractivity contribution in [3.05, 3.63) is 46.3 Å². The van der Waals surface area contributed by atoms with E-state index in [-0.39, 0.29) is 27.1 Å². The molecule has 132 valence electrons. The number of H-pyrrole nitrogens is 1. The molecule has 0 aliphatic rings. The molecule has 0 aliphatic carbocycles. The normalized spacial score (nSPS) is 11.7. The van der Waals surface area contributed by atoms with Crippen LogP contribution in [0.25, 0.3) is 11.5 Å². The fourth-order valence-electron chi connectivity index (χ4n) is 2.52. The lowest BCUT2D eigenvalue weighted by Gasteiger charge is -2.10. The Morgan fingerprint density at radius 3 is 2.52 bits per heavy atom. The number of halogens is 2. The van der Waals surface area contributed by atoms with E-state index in [1.54, 1.807) is 20.8 Å². The summed E-state index contributed by atoms with van der Waals surface area (Å²) in [5.41, 5.74) is 0.943. The number of aryl methyl sites for hydroxylation is 3. The summed E-state index contributed by atoms with van der Waals surface area (Å²) in [6.45, 7) is 4.87. The summed E-state index contributed by atoms with van der Waals surface area (Å²) in [6, 6.07) is 3.66. The minimum absolute atomic E-state index is 0.0660. The first kappa shape index (κ1) is 17.4. The molecule has 0 radical (unpaired) electrons. The molecule has 0 atom stereocenters. The average molecular weight is 385 g/mol. The highest BCUT2D eigenvalue weighted by Crippen LogP contribution is 2.34. The van der Waals surface area contributed by atoms with Gasteiger partial charge in [-0.2, -0.15) is 0 Å². The van der Waals surface area contributed by atoms with Crippen LogP contribution in [0.5, 0.6) is 0 Å². The molecule has 0 bridgehead atoms. The zero-order valence-electron chi connectivity index (χ0n) is 13.5. The number of hydrogen-bond donors (Lipinski definition) is 2. The third-order valence-electron chi connectivity index (χ3n) is 3.50. The molecule has 2 aromatic heterocycles. The van der Waals surface area contributed by atoms with Gasteiger partial charge in [-0.05, 0) is 32.0 Å². The summed E-state index contributed by atoms with van der Waals surface area (Å²) < 4.78 is 47.3. The average Bonchev–Trinajstić information content (AvgIpc) is 3.05. The van der Waals surface area contributed by atoms with Gasteiger partial charge in [0.1, 0.15) is 10.7 Å². The summed E-state index contributed by atoms with van der Waals surface area (Å²) in [7, 11) is -4.12. The van der Waals surface area contributed by atoms with Gasteiger partial charge in [0.25, 0.3) is 15.9 Å². The van der Waals surface area contributed by atoms with E-state index in [9.17, 15) is 12.8 Å². The number of nitrogens with one attached hydrogen (secondary N) is 2. The number of nitrogens with zero attached hydrogens (tertiary/aromatic N) is 2. The van der Waals surface area contributed by atoms with Crippen LogP contribution in [0.1, 0.15) is 17.3 Å². The monoisotopic (exact) mass is 384 g/mol. The molecule has 25 heavy (non-hydrogen) atoms. The van der Waals surface area contributed by atoms with Crippen molar-refractivity contribution in [2.75, 3.05) is 4.72 Å². The van der Waals surface area contributed by atoms with Crippen molar-refractivity contribution in [2.45, 2.75) is 25.7 Å². The van der Waals surface area contributed by atoms with Crippen LogP contribution in [0.15, 0.2) is 27.5 Å². The molecule has 2 heterocycles. The number of benzene rings is 1. The lowest BCUT2D eigenvalue weighted by Crippen LogP contribution is -2.15. The molecule has 0 spiro atoms. The third-order valence-corrected chi connectivity index (χ3v) is 5.27. The lowest BCUT2D eigenvalue weighted by atomic mass is 10.2. The summed E-state index contributed by atoms with van der Waals surface area (Å²) in [5.74, 6) is -0.416. The van der Waals surface area contributed by atoms with Crippen LogP contribution in [-0.2, 0) is 10.0 Å². The molecule has 0 aliphatic heterocycles. The van der Waals surface area contributed by atoms with Gasteiger partial charge >= 0.3 is 0 Å².